The van der Waals surface area contributed by atoms with Gasteiger partial charge in [0.1, 0.15) is 0 Å². The van der Waals surface area contributed by atoms with E-state index in [2.05, 4.69) is 0 Å². The predicted molar refractivity (Wildman–Crippen MR) is 96.8 cm³/mol. The van der Waals surface area contributed by atoms with Crippen molar-refractivity contribution in [3.05, 3.63) is 35.9 Å². The number of piperidine rings is 1. The maximum absolute atomic E-state index is 12.5. The number of sulfonamides is 1. The van der Waals surface area contributed by atoms with Crippen molar-refractivity contribution >= 4 is 15.9 Å². The lowest BCUT2D eigenvalue weighted by molar-refractivity contribution is -0.187. The van der Waals surface area contributed by atoms with Gasteiger partial charge in [-0.05, 0) is 5.56 Å². The number of hydrogen-bond donors (Lipinski definition) is 0. The van der Waals surface area contributed by atoms with Crippen LogP contribution in [0.5, 0.6) is 0 Å². The smallest absolute Gasteiger partial charge is 0.223 e. The molecule has 0 bridgehead atoms. The summed E-state index contributed by atoms with van der Waals surface area (Å²) in [4.78, 5) is 14.3. The molecule has 2 fully saturated rings. The van der Waals surface area contributed by atoms with Crippen LogP contribution in [0, 0.1) is 0 Å². The topological polar surface area (TPSA) is 76.2 Å². The van der Waals surface area contributed by atoms with Crippen molar-refractivity contribution in [2.24, 2.45) is 0 Å². The molecule has 0 atom stereocenters. The summed E-state index contributed by atoms with van der Waals surface area (Å²) in [6.45, 7) is 2.83. The number of carbonyl (C=O) groups is 1. The highest BCUT2D eigenvalue weighted by molar-refractivity contribution is 7.88. The van der Waals surface area contributed by atoms with Crippen molar-refractivity contribution in [2.45, 2.75) is 31.6 Å². The molecule has 0 saturated carbocycles. The van der Waals surface area contributed by atoms with Crippen LogP contribution in [0.3, 0.4) is 0 Å². The van der Waals surface area contributed by atoms with Gasteiger partial charge in [0.25, 0.3) is 0 Å². The fourth-order valence-corrected chi connectivity index (χ4v) is 4.22. The molecule has 2 heterocycles. The Kier molecular flexibility index (Phi) is 5.96. The molecule has 2 aliphatic heterocycles. The number of amides is 1. The summed E-state index contributed by atoms with van der Waals surface area (Å²) in [5.74, 6) is -0.539. The first-order valence-electron chi connectivity index (χ1n) is 8.93. The molecule has 0 N–H and O–H groups in total. The fraction of sp³-hybridized carbons (Fsp3) is 0.611. The van der Waals surface area contributed by atoms with E-state index in [1.807, 2.05) is 30.3 Å². The summed E-state index contributed by atoms with van der Waals surface area (Å²) in [5, 5.41) is 0. The average molecular weight is 382 g/mol. The Morgan fingerprint density at radius 1 is 1.15 bits per heavy atom. The molecule has 3 rings (SSSR count). The van der Waals surface area contributed by atoms with Crippen LogP contribution >= 0.6 is 0 Å². The predicted octanol–water partition coefficient (Wildman–Crippen LogP) is 1.20. The number of ether oxygens (including phenoxy) is 2. The molecule has 1 aromatic rings. The molecule has 2 saturated heterocycles. The van der Waals surface area contributed by atoms with Gasteiger partial charge in [0.15, 0.2) is 5.79 Å². The molecule has 26 heavy (non-hydrogen) atoms. The average Bonchev–Trinajstić information content (AvgIpc) is 3.07. The van der Waals surface area contributed by atoms with Gasteiger partial charge in [-0.1, -0.05) is 30.3 Å². The molecule has 1 aromatic carbocycles. The van der Waals surface area contributed by atoms with E-state index >= 15 is 0 Å². The molecule has 2 aliphatic rings. The summed E-state index contributed by atoms with van der Waals surface area (Å²) in [6.07, 6.45) is 2.69. The van der Waals surface area contributed by atoms with Crippen LogP contribution in [0.15, 0.2) is 30.3 Å². The van der Waals surface area contributed by atoms with Crippen molar-refractivity contribution in [3.63, 3.8) is 0 Å². The Balaban J connectivity index is 1.53. The van der Waals surface area contributed by atoms with Crippen LogP contribution in [-0.4, -0.2) is 68.4 Å². The SMILES string of the molecule is CS(=O)(=O)N(CCC(=O)N1CCC2(CC1)OCCO2)Cc1ccccc1. The zero-order valence-electron chi connectivity index (χ0n) is 15.1. The first kappa shape index (κ1) is 19.3. The first-order valence-corrected chi connectivity index (χ1v) is 10.8. The fourth-order valence-electron chi connectivity index (χ4n) is 3.41. The summed E-state index contributed by atoms with van der Waals surface area (Å²) in [6, 6.07) is 9.39. The highest BCUT2D eigenvalue weighted by Crippen LogP contribution is 2.31. The van der Waals surface area contributed by atoms with Gasteiger partial charge in [-0.3, -0.25) is 4.79 Å². The standard InChI is InChI=1S/C18H26N2O5S/c1-26(22,23)20(15-16-5-3-2-4-6-16)10-7-17(21)19-11-8-18(9-12-19)24-13-14-25-18/h2-6H,7-15H2,1H3. The zero-order valence-corrected chi connectivity index (χ0v) is 15.9. The van der Waals surface area contributed by atoms with Gasteiger partial charge < -0.3 is 14.4 Å². The third-order valence-electron chi connectivity index (χ3n) is 4.94. The summed E-state index contributed by atoms with van der Waals surface area (Å²) < 4.78 is 36.8. The number of carbonyl (C=O) groups excluding carboxylic acids is 1. The Hall–Kier alpha value is -1.48. The van der Waals surface area contributed by atoms with Crippen molar-refractivity contribution < 1.29 is 22.7 Å². The lowest BCUT2D eigenvalue weighted by Crippen LogP contribution is -2.47. The lowest BCUT2D eigenvalue weighted by Gasteiger charge is -2.37. The summed E-state index contributed by atoms with van der Waals surface area (Å²) >= 11 is 0. The minimum atomic E-state index is -3.39. The van der Waals surface area contributed by atoms with E-state index in [0.717, 1.165) is 5.56 Å². The second kappa shape index (κ2) is 8.04. The van der Waals surface area contributed by atoms with Crippen molar-refractivity contribution in [3.8, 4) is 0 Å². The number of rotatable bonds is 6. The Bertz CT molecular complexity index is 706. The van der Waals surface area contributed by atoms with E-state index in [0.29, 0.717) is 39.1 Å². The van der Waals surface area contributed by atoms with Crippen LogP contribution < -0.4 is 0 Å². The molecular formula is C18H26N2O5S. The molecule has 0 unspecified atom stereocenters. The quantitative estimate of drug-likeness (QED) is 0.739. The molecule has 0 radical (unpaired) electrons. The van der Waals surface area contributed by atoms with Crippen LogP contribution in [0.25, 0.3) is 0 Å². The summed E-state index contributed by atoms with van der Waals surface area (Å²) in [5.41, 5.74) is 0.904. The van der Waals surface area contributed by atoms with E-state index in [-0.39, 0.29) is 25.4 Å². The van der Waals surface area contributed by atoms with Gasteiger partial charge in [-0.25, -0.2) is 8.42 Å². The van der Waals surface area contributed by atoms with Gasteiger partial charge in [-0.15, -0.1) is 0 Å². The Morgan fingerprint density at radius 2 is 1.77 bits per heavy atom. The molecule has 1 spiro atoms. The maximum Gasteiger partial charge on any atom is 0.223 e. The Morgan fingerprint density at radius 3 is 2.35 bits per heavy atom. The van der Waals surface area contributed by atoms with Gasteiger partial charge in [-0.2, -0.15) is 4.31 Å². The minimum Gasteiger partial charge on any atom is -0.347 e. The monoisotopic (exact) mass is 382 g/mol. The Labute approximate surface area is 154 Å². The van der Waals surface area contributed by atoms with Crippen molar-refractivity contribution in [2.75, 3.05) is 39.1 Å². The lowest BCUT2D eigenvalue weighted by atomic mass is 10.0. The van der Waals surface area contributed by atoms with Gasteiger partial charge in [0.2, 0.25) is 15.9 Å². The number of hydrogen-bond acceptors (Lipinski definition) is 5. The van der Waals surface area contributed by atoms with E-state index in [1.165, 1.54) is 10.6 Å². The van der Waals surface area contributed by atoms with Gasteiger partial charge >= 0.3 is 0 Å². The van der Waals surface area contributed by atoms with Crippen molar-refractivity contribution in [1.82, 2.24) is 9.21 Å². The largest absolute Gasteiger partial charge is 0.347 e. The molecule has 0 aromatic heterocycles. The first-order chi connectivity index (χ1) is 12.4. The number of benzene rings is 1. The van der Waals surface area contributed by atoms with Crippen LogP contribution in [0.2, 0.25) is 0 Å². The molecule has 8 heteroatoms. The van der Waals surface area contributed by atoms with E-state index < -0.39 is 15.8 Å². The molecule has 0 aliphatic carbocycles. The number of nitrogens with zero attached hydrogens (tertiary/aromatic N) is 2. The third kappa shape index (κ3) is 4.82. The van der Waals surface area contributed by atoms with E-state index in [1.54, 1.807) is 4.90 Å². The van der Waals surface area contributed by atoms with E-state index in [9.17, 15) is 13.2 Å². The second-order valence-electron chi connectivity index (χ2n) is 6.82. The highest BCUT2D eigenvalue weighted by atomic mass is 32.2. The van der Waals surface area contributed by atoms with Crippen molar-refractivity contribution in [1.29, 1.82) is 0 Å². The van der Waals surface area contributed by atoms with Gasteiger partial charge in [0, 0.05) is 45.4 Å². The van der Waals surface area contributed by atoms with Gasteiger partial charge in [0.05, 0.1) is 19.5 Å². The molecule has 1 amide bonds. The normalized spacial score (nSPS) is 20.0. The van der Waals surface area contributed by atoms with Crippen LogP contribution in [0.4, 0.5) is 0 Å². The minimum absolute atomic E-state index is 0.0282. The highest BCUT2D eigenvalue weighted by Gasteiger charge is 2.40. The number of likely N-dealkylation sites (tertiary alicyclic amines) is 1. The molecule has 144 valence electrons. The van der Waals surface area contributed by atoms with E-state index in [4.69, 9.17) is 9.47 Å². The summed E-state index contributed by atoms with van der Waals surface area (Å²) in [7, 11) is -3.39. The molecule has 7 nitrogen and oxygen atoms in total. The van der Waals surface area contributed by atoms with Crippen LogP contribution in [-0.2, 0) is 30.8 Å². The van der Waals surface area contributed by atoms with Crippen LogP contribution in [0.1, 0.15) is 24.8 Å². The maximum atomic E-state index is 12.5. The zero-order chi connectivity index (χ0) is 18.6. The third-order valence-corrected chi connectivity index (χ3v) is 6.19. The molecular weight excluding hydrogens is 356 g/mol. The second-order valence-corrected chi connectivity index (χ2v) is 8.80.